The molecule has 6 heteroatoms. The minimum atomic E-state index is -2.15. The lowest BCUT2D eigenvalue weighted by atomic mass is 10.1. The normalized spacial score (nSPS) is 14.6. The molecule has 0 radical (unpaired) electrons. The number of benzene rings is 1. The summed E-state index contributed by atoms with van der Waals surface area (Å²) in [6.07, 6.45) is -0.725. The molecular formula is C19H31NO4Si. The molecule has 1 rings (SSSR count). The van der Waals surface area contributed by atoms with Gasteiger partial charge in [-0.05, 0) is 30.6 Å². The van der Waals surface area contributed by atoms with Crippen LogP contribution in [-0.4, -0.2) is 31.4 Å². The van der Waals surface area contributed by atoms with Crippen molar-refractivity contribution in [1.82, 2.24) is 5.32 Å². The Kier molecular flexibility index (Phi) is 7.38. The predicted molar refractivity (Wildman–Crippen MR) is 102 cm³/mol. The first-order valence-electron chi connectivity index (χ1n) is 8.66. The van der Waals surface area contributed by atoms with Crippen LogP contribution in [0.15, 0.2) is 30.3 Å². The van der Waals surface area contributed by atoms with Crippen LogP contribution in [0.1, 0.15) is 52.1 Å². The molecule has 1 aromatic carbocycles. The molecule has 1 amide bonds. The maximum atomic E-state index is 12.4. The summed E-state index contributed by atoms with van der Waals surface area (Å²) in [5.41, 5.74) is 1.01. The van der Waals surface area contributed by atoms with Gasteiger partial charge in [-0.25, -0.2) is 0 Å². The number of carbonyl (C=O) groups is 2. The molecule has 1 aromatic rings. The van der Waals surface area contributed by atoms with Crippen molar-refractivity contribution in [1.29, 1.82) is 0 Å². The maximum absolute atomic E-state index is 12.4. The van der Waals surface area contributed by atoms with Crippen LogP contribution in [0.3, 0.4) is 0 Å². The first-order chi connectivity index (χ1) is 11.4. The molecule has 0 aliphatic carbocycles. The van der Waals surface area contributed by atoms with Crippen LogP contribution >= 0.6 is 0 Å². The number of aliphatic carboxylic acids is 1. The Hall–Kier alpha value is -1.66. The van der Waals surface area contributed by atoms with Crippen molar-refractivity contribution in [3.05, 3.63) is 35.9 Å². The van der Waals surface area contributed by atoms with Gasteiger partial charge in [0.15, 0.2) is 8.32 Å². The van der Waals surface area contributed by atoms with Gasteiger partial charge in [0.25, 0.3) is 0 Å². The predicted octanol–water partition coefficient (Wildman–Crippen LogP) is 4.12. The molecule has 0 saturated carbocycles. The van der Waals surface area contributed by atoms with E-state index in [0.29, 0.717) is 0 Å². The fourth-order valence-electron chi connectivity index (χ4n) is 2.28. The molecule has 0 aliphatic heterocycles. The number of amides is 1. The minimum Gasteiger partial charge on any atom is -0.481 e. The Labute approximate surface area is 151 Å². The molecule has 0 fully saturated rings. The van der Waals surface area contributed by atoms with Crippen LogP contribution < -0.4 is 5.32 Å². The second kappa shape index (κ2) is 8.63. The van der Waals surface area contributed by atoms with Gasteiger partial charge in [0.05, 0.1) is 25.0 Å². The van der Waals surface area contributed by atoms with Crippen LogP contribution in [0.4, 0.5) is 0 Å². The van der Waals surface area contributed by atoms with Crippen molar-refractivity contribution in [3.63, 3.8) is 0 Å². The van der Waals surface area contributed by atoms with E-state index in [2.05, 4.69) is 39.2 Å². The summed E-state index contributed by atoms with van der Waals surface area (Å²) >= 11 is 0. The third kappa shape index (κ3) is 7.00. The zero-order chi connectivity index (χ0) is 19.3. The zero-order valence-electron chi connectivity index (χ0n) is 16.1. The third-order valence-corrected chi connectivity index (χ3v) is 9.29. The molecular weight excluding hydrogens is 334 g/mol. The largest absolute Gasteiger partial charge is 0.481 e. The summed E-state index contributed by atoms with van der Waals surface area (Å²) in [6, 6.07) is 9.54. The Morgan fingerprint density at radius 2 is 1.72 bits per heavy atom. The van der Waals surface area contributed by atoms with Gasteiger partial charge in [-0.1, -0.05) is 51.1 Å². The molecule has 5 nitrogen and oxygen atoms in total. The van der Waals surface area contributed by atoms with E-state index in [-0.39, 0.29) is 29.8 Å². The van der Waals surface area contributed by atoms with Crippen LogP contribution in [0.2, 0.25) is 18.1 Å². The van der Waals surface area contributed by atoms with Gasteiger partial charge in [0, 0.05) is 0 Å². The maximum Gasteiger partial charge on any atom is 0.305 e. The van der Waals surface area contributed by atoms with E-state index in [1.165, 1.54) is 0 Å². The Morgan fingerprint density at radius 1 is 1.16 bits per heavy atom. The molecule has 140 valence electrons. The van der Waals surface area contributed by atoms with Crippen molar-refractivity contribution in [2.45, 2.75) is 70.8 Å². The number of rotatable bonds is 8. The summed E-state index contributed by atoms with van der Waals surface area (Å²) in [6.45, 7) is 12.3. The highest BCUT2D eigenvalue weighted by molar-refractivity contribution is 6.74. The van der Waals surface area contributed by atoms with Gasteiger partial charge < -0.3 is 14.8 Å². The van der Waals surface area contributed by atoms with E-state index in [1.807, 2.05) is 37.3 Å². The van der Waals surface area contributed by atoms with Gasteiger partial charge in [0.2, 0.25) is 5.91 Å². The van der Waals surface area contributed by atoms with Gasteiger partial charge >= 0.3 is 5.97 Å². The Balaban J connectivity index is 2.74. The van der Waals surface area contributed by atoms with Crippen LogP contribution in [0.5, 0.6) is 0 Å². The van der Waals surface area contributed by atoms with Crippen LogP contribution in [0, 0.1) is 0 Å². The van der Waals surface area contributed by atoms with Crippen molar-refractivity contribution in [2.24, 2.45) is 0 Å². The smallest absolute Gasteiger partial charge is 0.305 e. The van der Waals surface area contributed by atoms with Gasteiger partial charge in [0.1, 0.15) is 0 Å². The number of carboxylic acids is 1. The van der Waals surface area contributed by atoms with Crippen LogP contribution in [0.25, 0.3) is 0 Å². The van der Waals surface area contributed by atoms with E-state index in [9.17, 15) is 9.59 Å². The first kappa shape index (κ1) is 21.4. The summed E-state index contributed by atoms with van der Waals surface area (Å²) in [5.74, 6) is -1.14. The van der Waals surface area contributed by atoms with Crippen molar-refractivity contribution in [3.8, 4) is 0 Å². The van der Waals surface area contributed by atoms with E-state index in [4.69, 9.17) is 9.53 Å². The van der Waals surface area contributed by atoms with E-state index in [0.717, 1.165) is 5.56 Å². The third-order valence-electron chi connectivity index (χ3n) is 4.76. The zero-order valence-corrected chi connectivity index (χ0v) is 17.1. The Bertz CT molecular complexity index is 581. The molecule has 2 atom stereocenters. The second-order valence-electron chi connectivity index (χ2n) is 8.00. The number of carboxylic acid groups (broad SMARTS) is 1. The molecule has 0 saturated heterocycles. The fraction of sp³-hybridized carbons (Fsp3) is 0.579. The molecule has 1 unspecified atom stereocenters. The highest BCUT2D eigenvalue weighted by atomic mass is 28.4. The molecule has 0 bridgehead atoms. The van der Waals surface area contributed by atoms with E-state index < -0.39 is 20.4 Å². The van der Waals surface area contributed by atoms with Gasteiger partial charge in [-0.15, -0.1) is 0 Å². The summed E-state index contributed by atoms with van der Waals surface area (Å²) in [7, 11) is -2.15. The average Bonchev–Trinajstić information content (AvgIpc) is 2.45. The first-order valence-corrected chi connectivity index (χ1v) is 11.6. The number of carbonyl (C=O) groups excluding carboxylic acids is 1. The fourth-order valence-corrected chi connectivity index (χ4v) is 3.63. The monoisotopic (exact) mass is 365 g/mol. The summed E-state index contributed by atoms with van der Waals surface area (Å²) in [4.78, 5) is 23.6. The van der Waals surface area contributed by atoms with Crippen LogP contribution in [-0.2, 0) is 14.0 Å². The molecule has 2 N–H and O–H groups in total. The summed E-state index contributed by atoms with van der Waals surface area (Å²) in [5, 5.41) is 12.0. The lowest BCUT2D eigenvalue weighted by molar-refractivity contribution is -0.139. The lowest BCUT2D eigenvalue weighted by Crippen LogP contribution is -2.45. The van der Waals surface area contributed by atoms with Crippen molar-refractivity contribution >= 4 is 20.2 Å². The number of hydrogen-bond acceptors (Lipinski definition) is 3. The number of hydrogen-bond donors (Lipinski definition) is 2. The standard InChI is InChI=1S/C19H31NO4Si/c1-14(15-10-8-7-9-11-15)20-17(21)12-16(13-18(22)23)24-25(5,6)19(2,3)4/h7-11,14,16H,12-13H2,1-6H3,(H,20,21)(H,22,23)/t14?,16-/m0/s1. The average molecular weight is 366 g/mol. The van der Waals surface area contributed by atoms with Crippen molar-refractivity contribution < 1.29 is 19.1 Å². The van der Waals surface area contributed by atoms with Gasteiger partial charge in [-0.3, -0.25) is 9.59 Å². The minimum absolute atomic E-state index is 0.0441. The highest BCUT2D eigenvalue weighted by Gasteiger charge is 2.40. The Morgan fingerprint density at radius 3 is 2.20 bits per heavy atom. The number of nitrogens with one attached hydrogen (secondary N) is 1. The lowest BCUT2D eigenvalue weighted by Gasteiger charge is -2.39. The quantitative estimate of drug-likeness (QED) is 0.680. The van der Waals surface area contributed by atoms with E-state index in [1.54, 1.807) is 0 Å². The molecule has 0 heterocycles. The summed E-state index contributed by atoms with van der Waals surface area (Å²) < 4.78 is 6.17. The highest BCUT2D eigenvalue weighted by Crippen LogP contribution is 2.38. The molecule has 0 aromatic heterocycles. The van der Waals surface area contributed by atoms with E-state index >= 15 is 0 Å². The second-order valence-corrected chi connectivity index (χ2v) is 12.8. The van der Waals surface area contributed by atoms with Gasteiger partial charge in [-0.2, -0.15) is 0 Å². The molecule has 25 heavy (non-hydrogen) atoms. The molecule has 0 spiro atoms. The SMILES string of the molecule is CC(NC(=O)C[C@@H](CC(=O)O)O[Si](C)(C)C(C)(C)C)c1ccccc1. The van der Waals surface area contributed by atoms with Crippen molar-refractivity contribution in [2.75, 3.05) is 0 Å². The topological polar surface area (TPSA) is 75.6 Å². The molecule has 0 aliphatic rings.